The number of benzene rings is 3. The summed E-state index contributed by atoms with van der Waals surface area (Å²) in [5.74, 6) is 0.376. The van der Waals surface area contributed by atoms with Gasteiger partial charge in [0.15, 0.2) is 6.61 Å². The van der Waals surface area contributed by atoms with Crippen molar-refractivity contribution in [2.45, 2.75) is 0 Å². The van der Waals surface area contributed by atoms with Gasteiger partial charge >= 0.3 is 11.9 Å². The van der Waals surface area contributed by atoms with Crippen molar-refractivity contribution in [1.29, 1.82) is 0 Å². The number of rotatable bonds is 9. The number of ether oxygens (including phenoxy) is 4. The summed E-state index contributed by atoms with van der Waals surface area (Å²) in [7, 11) is 0. The Morgan fingerprint density at radius 1 is 0.839 bits per heavy atom. The van der Waals surface area contributed by atoms with Gasteiger partial charge in [-0.2, -0.15) is 0 Å². The molecular weight excluding hydrogens is 488 g/mol. The summed E-state index contributed by atoms with van der Waals surface area (Å²) >= 11 is 9.17. The van der Waals surface area contributed by atoms with Crippen LogP contribution in [0, 0.1) is 0 Å². The Kier molecular flexibility index (Phi) is 8.32. The van der Waals surface area contributed by atoms with Crippen LogP contribution in [0.15, 0.2) is 77.3 Å². The van der Waals surface area contributed by atoms with Crippen LogP contribution in [-0.2, 0) is 9.53 Å². The lowest BCUT2D eigenvalue weighted by molar-refractivity contribution is -0.136. The van der Waals surface area contributed by atoms with Crippen molar-refractivity contribution in [3.05, 3.63) is 87.9 Å². The van der Waals surface area contributed by atoms with E-state index in [-0.39, 0.29) is 25.6 Å². The zero-order valence-corrected chi connectivity index (χ0v) is 18.6. The number of hydrogen-bond acceptors (Lipinski definition) is 6. The molecule has 0 aliphatic rings. The minimum absolute atomic E-state index is 0.113. The molecule has 3 aromatic carbocycles. The summed E-state index contributed by atoms with van der Waals surface area (Å²) in [5.41, 5.74) is 0.334. The smallest absolute Gasteiger partial charge is 0.349 e. The Morgan fingerprint density at radius 3 is 2.29 bits per heavy atom. The quantitative estimate of drug-likeness (QED) is 0.223. The van der Waals surface area contributed by atoms with Crippen LogP contribution in [0.5, 0.6) is 17.2 Å². The van der Waals surface area contributed by atoms with Crippen LogP contribution >= 0.6 is 27.5 Å². The van der Waals surface area contributed by atoms with E-state index in [9.17, 15) is 9.59 Å². The number of carbonyl (C=O) groups excluding carboxylic acids is 2. The standard InChI is InChI=1S/C23H18BrClO6/c24-20-14-17(25)8-11-21(20)30-15-22(26)31-19-9-6-16(7-10-19)23(27)29-13-12-28-18-4-2-1-3-5-18/h1-11,14H,12-13,15H2. The van der Waals surface area contributed by atoms with Crippen LogP contribution in [-0.4, -0.2) is 31.8 Å². The predicted molar refractivity (Wildman–Crippen MR) is 119 cm³/mol. The summed E-state index contributed by atoms with van der Waals surface area (Å²) in [4.78, 5) is 24.1. The molecule has 0 aliphatic carbocycles. The van der Waals surface area contributed by atoms with Gasteiger partial charge in [0.25, 0.3) is 0 Å². The SMILES string of the molecule is O=C(COc1ccc(Cl)cc1Br)Oc1ccc(C(=O)OCCOc2ccccc2)cc1. The van der Waals surface area contributed by atoms with Gasteiger partial charge in [0.2, 0.25) is 0 Å². The topological polar surface area (TPSA) is 71.1 Å². The minimum atomic E-state index is -0.588. The number of esters is 2. The number of halogens is 2. The van der Waals surface area contributed by atoms with E-state index in [1.807, 2.05) is 30.3 Å². The van der Waals surface area contributed by atoms with Gasteiger partial charge in [-0.15, -0.1) is 0 Å². The molecule has 160 valence electrons. The van der Waals surface area contributed by atoms with Crippen molar-refractivity contribution in [2.24, 2.45) is 0 Å². The summed E-state index contributed by atoms with van der Waals surface area (Å²) in [6.45, 7) is 0.0721. The highest BCUT2D eigenvalue weighted by Crippen LogP contribution is 2.28. The van der Waals surface area contributed by atoms with Crippen molar-refractivity contribution in [2.75, 3.05) is 19.8 Å². The fourth-order valence-corrected chi connectivity index (χ4v) is 3.24. The van der Waals surface area contributed by atoms with E-state index in [2.05, 4.69) is 15.9 Å². The van der Waals surface area contributed by atoms with Gasteiger partial charge < -0.3 is 18.9 Å². The molecule has 0 atom stereocenters. The average Bonchev–Trinajstić information content (AvgIpc) is 2.77. The molecule has 0 unspecified atom stereocenters. The second-order valence-corrected chi connectivity index (χ2v) is 7.45. The third kappa shape index (κ3) is 7.31. The third-order valence-corrected chi connectivity index (χ3v) is 4.74. The zero-order valence-electron chi connectivity index (χ0n) is 16.3. The first kappa shape index (κ1) is 22.7. The Labute approximate surface area is 192 Å². The molecule has 0 heterocycles. The summed E-state index contributed by atoms with van der Waals surface area (Å²) in [6.07, 6.45) is 0. The Morgan fingerprint density at radius 2 is 1.58 bits per heavy atom. The van der Waals surface area contributed by atoms with Crippen LogP contribution in [0.1, 0.15) is 10.4 Å². The van der Waals surface area contributed by atoms with Gasteiger partial charge in [-0.25, -0.2) is 9.59 Å². The van der Waals surface area contributed by atoms with E-state index in [4.69, 9.17) is 30.5 Å². The van der Waals surface area contributed by atoms with Gasteiger partial charge in [0.1, 0.15) is 30.5 Å². The molecule has 6 nitrogen and oxygen atoms in total. The van der Waals surface area contributed by atoms with E-state index >= 15 is 0 Å². The van der Waals surface area contributed by atoms with Crippen molar-refractivity contribution in [3.8, 4) is 17.2 Å². The van der Waals surface area contributed by atoms with Gasteiger partial charge in [0.05, 0.1) is 10.0 Å². The van der Waals surface area contributed by atoms with Gasteiger partial charge in [-0.1, -0.05) is 29.8 Å². The van der Waals surface area contributed by atoms with Crippen LogP contribution in [0.4, 0.5) is 0 Å². The Hall–Kier alpha value is -3.03. The second-order valence-electron chi connectivity index (χ2n) is 6.16. The number of carbonyl (C=O) groups is 2. The Bertz CT molecular complexity index is 1020. The maximum absolute atomic E-state index is 12.1. The van der Waals surface area contributed by atoms with E-state index in [0.717, 1.165) is 0 Å². The maximum Gasteiger partial charge on any atom is 0.349 e. The highest BCUT2D eigenvalue weighted by Gasteiger charge is 2.11. The Balaban J connectivity index is 1.41. The van der Waals surface area contributed by atoms with Crippen molar-refractivity contribution in [3.63, 3.8) is 0 Å². The minimum Gasteiger partial charge on any atom is -0.490 e. The molecule has 3 rings (SSSR count). The average molecular weight is 506 g/mol. The highest BCUT2D eigenvalue weighted by molar-refractivity contribution is 9.10. The summed E-state index contributed by atoms with van der Waals surface area (Å²) in [6, 6.07) is 20.2. The molecule has 0 saturated heterocycles. The summed E-state index contributed by atoms with van der Waals surface area (Å²) in [5, 5.41) is 0.545. The molecule has 0 saturated carbocycles. The van der Waals surface area contributed by atoms with Crippen molar-refractivity contribution >= 4 is 39.5 Å². The fraction of sp³-hybridized carbons (Fsp3) is 0.130. The van der Waals surface area contributed by atoms with E-state index in [1.54, 1.807) is 18.2 Å². The molecule has 0 aliphatic heterocycles. The molecule has 8 heteroatoms. The molecular formula is C23H18BrClO6. The van der Waals surface area contributed by atoms with Crippen LogP contribution in [0.3, 0.4) is 0 Å². The summed E-state index contributed by atoms with van der Waals surface area (Å²) < 4.78 is 21.9. The molecule has 3 aromatic rings. The molecule has 0 radical (unpaired) electrons. The zero-order chi connectivity index (χ0) is 22.1. The van der Waals surface area contributed by atoms with Gasteiger partial charge in [0, 0.05) is 5.02 Å². The van der Waals surface area contributed by atoms with Crippen LogP contribution in [0.2, 0.25) is 5.02 Å². The maximum atomic E-state index is 12.1. The lowest BCUT2D eigenvalue weighted by Gasteiger charge is -2.09. The van der Waals surface area contributed by atoms with Gasteiger partial charge in [-0.3, -0.25) is 0 Å². The fourth-order valence-electron chi connectivity index (χ4n) is 2.44. The number of hydrogen-bond donors (Lipinski definition) is 0. The van der Waals surface area contributed by atoms with Crippen LogP contribution in [0.25, 0.3) is 0 Å². The molecule has 0 spiro atoms. The molecule has 0 amide bonds. The lowest BCUT2D eigenvalue weighted by Crippen LogP contribution is -2.18. The molecule has 0 bridgehead atoms. The monoisotopic (exact) mass is 504 g/mol. The second kappa shape index (κ2) is 11.4. The molecule has 31 heavy (non-hydrogen) atoms. The van der Waals surface area contributed by atoms with Gasteiger partial charge in [-0.05, 0) is 70.5 Å². The van der Waals surface area contributed by atoms with E-state index in [1.165, 1.54) is 24.3 Å². The van der Waals surface area contributed by atoms with Crippen molar-refractivity contribution in [1.82, 2.24) is 0 Å². The van der Waals surface area contributed by atoms with E-state index < -0.39 is 11.9 Å². The normalized spacial score (nSPS) is 10.3. The molecule has 0 N–H and O–H groups in total. The first-order valence-corrected chi connectivity index (χ1v) is 10.4. The number of para-hydroxylation sites is 1. The third-order valence-electron chi connectivity index (χ3n) is 3.89. The lowest BCUT2D eigenvalue weighted by atomic mass is 10.2. The predicted octanol–water partition coefficient (Wildman–Crippen LogP) is 5.32. The first-order valence-electron chi connectivity index (χ1n) is 9.25. The van der Waals surface area contributed by atoms with E-state index in [0.29, 0.717) is 26.6 Å². The van der Waals surface area contributed by atoms with Crippen LogP contribution < -0.4 is 14.2 Å². The molecule has 0 aromatic heterocycles. The molecule has 0 fully saturated rings. The highest BCUT2D eigenvalue weighted by atomic mass is 79.9. The van der Waals surface area contributed by atoms with Crippen molar-refractivity contribution < 1.29 is 28.5 Å². The largest absolute Gasteiger partial charge is 0.490 e. The first-order chi connectivity index (χ1) is 15.0.